The topological polar surface area (TPSA) is 61.1 Å². The van der Waals surface area contributed by atoms with Crippen LogP contribution in [0.5, 0.6) is 0 Å². The van der Waals surface area contributed by atoms with E-state index in [1.165, 1.54) is 6.07 Å². The van der Waals surface area contributed by atoms with E-state index in [1.807, 2.05) is 0 Å². The molecular weight excluding hydrogens is 204 g/mol. The molecule has 0 radical (unpaired) electrons. The molecule has 1 atom stereocenters. The predicted molar refractivity (Wildman–Crippen MR) is 46.8 cm³/mol. The minimum atomic E-state index is -1.32. The standard InChI is InChI=1S/C10H7F2NO2/c11-8-2-1-6(9(12)4-8)3-7(5-13)10(14)15/h1-2,4,7H,3H2,(H,14,15). The number of carboxylic acid groups (broad SMARTS) is 1. The van der Waals surface area contributed by atoms with Gasteiger partial charge in [-0.15, -0.1) is 0 Å². The third kappa shape index (κ3) is 2.74. The molecule has 1 aromatic carbocycles. The average Bonchev–Trinajstić information content (AvgIpc) is 2.16. The Kier molecular flexibility index (Phi) is 3.34. The van der Waals surface area contributed by atoms with E-state index in [9.17, 15) is 13.6 Å². The SMILES string of the molecule is N#CC(Cc1ccc(F)cc1F)C(=O)O. The molecule has 3 nitrogen and oxygen atoms in total. The van der Waals surface area contributed by atoms with Crippen molar-refractivity contribution in [2.24, 2.45) is 5.92 Å². The van der Waals surface area contributed by atoms with Crippen LogP contribution in [-0.4, -0.2) is 11.1 Å². The molecule has 1 N–H and O–H groups in total. The normalized spacial score (nSPS) is 11.8. The van der Waals surface area contributed by atoms with Gasteiger partial charge in [0.2, 0.25) is 0 Å². The van der Waals surface area contributed by atoms with Crippen molar-refractivity contribution in [2.75, 3.05) is 0 Å². The second-order valence-electron chi connectivity index (χ2n) is 2.96. The molecule has 0 amide bonds. The molecule has 15 heavy (non-hydrogen) atoms. The molecule has 1 aromatic rings. The molecule has 5 heteroatoms. The number of hydrogen-bond acceptors (Lipinski definition) is 2. The van der Waals surface area contributed by atoms with E-state index < -0.39 is 23.5 Å². The monoisotopic (exact) mass is 211 g/mol. The van der Waals surface area contributed by atoms with Crippen LogP contribution in [0, 0.1) is 28.9 Å². The number of carbonyl (C=O) groups is 1. The number of halogens is 2. The molecule has 0 spiro atoms. The minimum absolute atomic E-state index is 0.0188. The van der Waals surface area contributed by atoms with Crippen molar-refractivity contribution >= 4 is 5.97 Å². The van der Waals surface area contributed by atoms with Gasteiger partial charge in [-0.3, -0.25) is 4.79 Å². The minimum Gasteiger partial charge on any atom is -0.480 e. The van der Waals surface area contributed by atoms with Crippen molar-refractivity contribution < 1.29 is 18.7 Å². The number of nitriles is 1. The summed E-state index contributed by atoms with van der Waals surface area (Å²) in [7, 11) is 0. The Labute approximate surface area is 84.6 Å². The van der Waals surface area contributed by atoms with Crippen LogP contribution in [0.15, 0.2) is 18.2 Å². The van der Waals surface area contributed by atoms with Crippen LogP contribution in [0.25, 0.3) is 0 Å². The fourth-order valence-electron chi connectivity index (χ4n) is 1.10. The zero-order valence-corrected chi connectivity index (χ0v) is 7.58. The maximum atomic E-state index is 13.1. The van der Waals surface area contributed by atoms with Crippen LogP contribution in [0.2, 0.25) is 0 Å². The third-order valence-corrected chi connectivity index (χ3v) is 1.89. The number of benzene rings is 1. The Morgan fingerprint density at radius 1 is 1.53 bits per heavy atom. The quantitative estimate of drug-likeness (QED) is 0.828. The van der Waals surface area contributed by atoms with Crippen LogP contribution < -0.4 is 0 Å². The van der Waals surface area contributed by atoms with E-state index in [-0.39, 0.29) is 12.0 Å². The van der Waals surface area contributed by atoms with Crippen molar-refractivity contribution in [3.8, 4) is 6.07 Å². The lowest BCUT2D eigenvalue weighted by Gasteiger charge is -2.04. The zero-order valence-electron chi connectivity index (χ0n) is 7.58. The average molecular weight is 211 g/mol. The second-order valence-corrected chi connectivity index (χ2v) is 2.96. The molecule has 0 aromatic heterocycles. The largest absolute Gasteiger partial charge is 0.480 e. The van der Waals surface area contributed by atoms with Gasteiger partial charge < -0.3 is 5.11 Å². The summed E-state index contributed by atoms with van der Waals surface area (Å²) in [5.41, 5.74) is 0.0188. The molecule has 0 fully saturated rings. The van der Waals surface area contributed by atoms with Gasteiger partial charge >= 0.3 is 5.97 Å². The Morgan fingerprint density at radius 3 is 2.67 bits per heavy atom. The van der Waals surface area contributed by atoms with Crippen molar-refractivity contribution in [3.05, 3.63) is 35.4 Å². The number of aliphatic carboxylic acids is 1. The second kappa shape index (κ2) is 4.51. The molecule has 0 bridgehead atoms. The van der Waals surface area contributed by atoms with Gasteiger partial charge in [-0.1, -0.05) is 6.07 Å². The Balaban J connectivity index is 2.90. The van der Waals surface area contributed by atoms with Crippen LogP contribution in [0.3, 0.4) is 0 Å². The molecule has 1 rings (SSSR count). The summed E-state index contributed by atoms with van der Waals surface area (Å²) in [6, 6.07) is 4.35. The van der Waals surface area contributed by atoms with Gasteiger partial charge in [0.15, 0.2) is 0 Å². The van der Waals surface area contributed by atoms with Gasteiger partial charge in [-0.2, -0.15) is 5.26 Å². The van der Waals surface area contributed by atoms with Gasteiger partial charge in [-0.05, 0) is 11.6 Å². The molecule has 0 aliphatic heterocycles. The highest BCUT2D eigenvalue weighted by Crippen LogP contribution is 2.14. The lowest BCUT2D eigenvalue weighted by molar-refractivity contribution is -0.139. The first-order chi connectivity index (χ1) is 7.04. The van der Waals surface area contributed by atoms with E-state index >= 15 is 0 Å². The summed E-state index contributed by atoms with van der Waals surface area (Å²) in [5, 5.41) is 17.0. The molecular formula is C10H7F2NO2. The molecule has 0 saturated carbocycles. The molecule has 0 heterocycles. The van der Waals surface area contributed by atoms with E-state index in [0.717, 1.165) is 12.1 Å². The zero-order chi connectivity index (χ0) is 11.4. The van der Waals surface area contributed by atoms with Gasteiger partial charge in [0.05, 0.1) is 6.07 Å². The van der Waals surface area contributed by atoms with Crippen molar-refractivity contribution in [1.82, 2.24) is 0 Å². The Morgan fingerprint density at radius 2 is 2.20 bits per heavy atom. The first-order valence-electron chi connectivity index (χ1n) is 4.11. The first kappa shape index (κ1) is 11.1. The summed E-state index contributed by atoms with van der Waals surface area (Å²) in [6.45, 7) is 0. The Bertz CT molecular complexity index is 426. The fraction of sp³-hybridized carbons (Fsp3) is 0.200. The summed E-state index contributed by atoms with van der Waals surface area (Å²) in [5.74, 6) is -4.21. The predicted octanol–water partition coefficient (Wildman–Crippen LogP) is 1.73. The third-order valence-electron chi connectivity index (χ3n) is 1.89. The maximum absolute atomic E-state index is 13.1. The molecule has 78 valence electrons. The molecule has 0 aliphatic rings. The van der Waals surface area contributed by atoms with Crippen LogP contribution in [0.1, 0.15) is 5.56 Å². The highest BCUT2D eigenvalue weighted by atomic mass is 19.1. The van der Waals surface area contributed by atoms with Gasteiger partial charge in [-0.25, -0.2) is 8.78 Å². The maximum Gasteiger partial charge on any atom is 0.321 e. The number of hydrogen-bond donors (Lipinski definition) is 1. The number of carboxylic acids is 1. The van der Waals surface area contributed by atoms with E-state index in [2.05, 4.69) is 0 Å². The van der Waals surface area contributed by atoms with Gasteiger partial charge in [0.1, 0.15) is 17.6 Å². The first-order valence-corrected chi connectivity index (χ1v) is 4.11. The number of nitrogens with zero attached hydrogens (tertiary/aromatic N) is 1. The summed E-state index contributed by atoms with van der Waals surface area (Å²) >= 11 is 0. The van der Waals surface area contributed by atoms with Crippen molar-refractivity contribution in [3.63, 3.8) is 0 Å². The van der Waals surface area contributed by atoms with Gasteiger partial charge in [0, 0.05) is 12.5 Å². The van der Waals surface area contributed by atoms with Gasteiger partial charge in [0.25, 0.3) is 0 Å². The lowest BCUT2D eigenvalue weighted by atomic mass is 10.0. The van der Waals surface area contributed by atoms with E-state index in [1.54, 1.807) is 0 Å². The Hall–Kier alpha value is -1.96. The van der Waals surface area contributed by atoms with Crippen LogP contribution in [0.4, 0.5) is 8.78 Å². The van der Waals surface area contributed by atoms with Crippen LogP contribution >= 0.6 is 0 Å². The highest BCUT2D eigenvalue weighted by Gasteiger charge is 2.18. The highest BCUT2D eigenvalue weighted by molar-refractivity contribution is 5.73. The summed E-state index contributed by atoms with van der Waals surface area (Å²) in [6.07, 6.45) is -0.266. The smallest absolute Gasteiger partial charge is 0.321 e. The summed E-state index contributed by atoms with van der Waals surface area (Å²) in [4.78, 5) is 10.5. The molecule has 1 unspecified atom stereocenters. The van der Waals surface area contributed by atoms with E-state index in [0.29, 0.717) is 6.07 Å². The van der Waals surface area contributed by atoms with Crippen molar-refractivity contribution in [2.45, 2.75) is 6.42 Å². The fourth-order valence-corrected chi connectivity index (χ4v) is 1.10. The van der Waals surface area contributed by atoms with Crippen molar-refractivity contribution in [1.29, 1.82) is 5.26 Å². The van der Waals surface area contributed by atoms with Crippen LogP contribution in [-0.2, 0) is 11.2 Å². The molecule has 0 aliphatic carbocycles. The van der Waals surface area contributed by atoms with E-state index in [4.69, 9.17) is 10.4 Å². The number of rotatable bonds is 3. The summed E-state index contributed by atoms with van der Waals surface area (Å²) < 4.78 is 25.6. The lowest BCUT2D eigenvalue weighted by Crippen LogP contribution is -2.15. The molecule has 0 saturated heterocycles.